The van der Waals surface area contributed by atoms with E-state index in [-0.39, 0.29) is 12.1 Å². The van der Waals surface area contributed by atoms with E-state index in [2.05, 4.69) is 20.8 Å². The highest BCUT2D eigenvalue weighted by atomic mass is 16.5. The van der Waals surface area contributed by atoms with Crippen molar-refractivity contribution in [1.82, 2.24) is 15.5 Å². The highest BCUT2D eigenvalue weighted by molar-refractivity contribution is 5.88. The van der Waals surface area contributed by atoms with Crippen molar-refractivity contribution in [3.05, 3.63) is 41.9 Å². The van der Waals surface area contributed by atoms with Gasteiger partial charge < -0.3 is 9.84 Å². The van der Waals surface area contributed by atoms with E-state index in [4.69, 9.17) is 4.52 Å². The second kappa shape index (κ2) is 5.31. The number of hydrogen-bond donors (Lipinski definition) is 2. The van der Waals surface area contributed by atoms with E-state index in [1.54, 1.807) is 19.2 Å². The van der Waals surface area contributed by atoms with Crippen molar-refractivity contribution >= 4 is 11.8 Å². The SMILES string of the molecule is Cc1cc(NC(=O)N[C@H](C)c2ccccn2)no1. The number of hydrogen-bond acceptors (Lipinski definition) is 4. The van der Waals surface area contributed by atoms with Gasteiger partial charge in [0.2, 0.25) is 0 Å². The van der Waals surface area contributed by atoms with Crippen LogP contribution in [0.4, 0.5) is 10.6 Å². The Morgan fingerprint density at radius 3 is 2.89 bits per heavy atom. The lowest BCUT2D eigenvalue weighted by Gasteiger charge is -2.12. The van der Waals surface area contributed by atoms with Crippen LogP contribution < -0.4 is 10.6 Å². The van der Waals surface area contributed by atoms with E-state index in [9.17, 15) is 4.79 Å². The van der Waals surface area contributed by atoms with Crippen LogP contribution in [0.2, 0.25) is 0 Å². The van der Waals surface area contributed by atoms with Crippen molar-refractivity contribution in [3.8, 4) is 0 Å². The zero-order valence-corrected chi connectivity index (χ0v) is 10.2. The fourth-order valence-electron chi connectivity index (χ4n) is 1.48. The summed E-state index contributed by atoms with van der Waals surface area (Å²) in [5.74, 6) is 1.03. The van der Waals surface area contributed by atoms with E-state index >= 15 is 0 Å². The van der Waals surface area contributed by atoms with Gasteiger partial charge in [-0.1, -0.05) is 11.2 Å². The molecule has 0 aliphatic heterocycles. The fraction of sp³-hybridized carbons (Fsp3) is 0.250. The number of pyridine rings is 1. The van der Waals surface area contributed by atoms with Crippen molar-refractivity contribution in [1.29, 1.82) is 0 Å². The number of nitrogens with zero attached hydrogens (tertiary/aromatic N) is 2. The molecule has 18 heavy (non-hydrogen) atoms. The molecule has 0 bridgehead atoms. The maximum Gasteiger partial charge on any atom is 0.321 e. The first kappa shape index (κ1) is 12.1. The quantitative estimate of drug-likeness (QED) is 0.870. The Morgan fingerprint density at radius 2 is 2.28 bits per heavy atom. The molecule has 0 spiro atoms. The Bertz CT molecular complexity index is 524. The number of aryl methyl sites for hydroxylation is 1. The molecule has 0 radical (unpaired) electrons. The molecule has 0 aromatic carbocycles. The van der Waals surface area contributed by atoms with E-state index in [1.165, 1.54) is 0 Å². The summed E-state index contributed by atoms with van der Waals surface area (Å²) in [6.07, 6.45) is 1.69. The van der Waals surface area contributed by atoms with Gasteiger partial charge in [0, 0.05) is 12.3 Å². The van der Waals surface area contributed by atoms with Crippen LogP contribution in [0.15, 0.2) is 35.0 Å². The van der Waals surface area contributed by atoms with Crippen molar-refractivity contribution in [2.45, 2.75) is 19.9 Å². The number of nitrogens with one attached hydrogen (secondary N) is 2. The van der Waals surface area contributed by atoms with Gasteiger partial charge in [0.05, 0.1) is 11.7 Å². The minimum atomic E-state index is -0.346. The van der Waals surface area contributed by atoms with Crippen LogP contribution >= 0.6 is 0 Å². The Morgan fingerprint density at radius 1 is 1.44 bits per heavy atom. The number of amides is 2. The summed E-state index contributed by atoms with van der Waals surface area (Å²) < 4.78 is 4.85. The average Bonchev–Trinajstić information content (AvgIpc) is 2.75. The smallest absolute Gasteiger partial charge is 0.321 e. The minimum Gasteiger partial charge on any atom is -0.360 e. The summed E-state index contributed by atoms with van der Waals surface area (Å²) in [5.41, 5.74) is 0.795. The van der Waals surface area contributed by atoms with Crippen molar-refractivity contribution in [2.24, 2.45) is 0 Å². The normalized spacial score (nSPS) is 11.9. The topological polar surface area (TPSA) is 80.0 Å². The van der Waals surface area contributed by atoms with Gasteiger partial charge in [-0.2, -0.15) is 0 Å². The van der Waals surface area contributed by atoms with Crippen LogP contribution in [-0.2, 0) is 0 Å². The maximum absolute atomic E-state index is 11.7. The zero-order valence-electron chi connectivity index (χ0n) is 10.2. The second-order valence-corrected chi connectivity index (χ2v) is 3.90. The third-order valence-corrected chi connectivity index (χ3v) is 2.35. The molecule has 0 unspecified atom stereocenters. The number of urea groups is 1. The molecule has 2 amide bonds. The second-order valence-electron chi connectivity index (χ2n) is 3.90. The zero-order chi connectivity index (χ0) is 13.0. The predicted molar refractivity (Wildman–Crippen MR) is 66.0 cm³/mol. The lowest BCUT2D eigenvalue weighted by molar-refractivity contribution is 0.249. The number of aromatic nitrogens is 2. The molecule has 2 aromatic rings. The molecule has 94 valence electrons. The van der Waals surface area contributed by atoms with E-state index < -0.39 is 0 Å². The molecule has 1 atom stereocenters. The van der Waals surface area contributed by atoms with E-state index in [0.717, 1.165) is 5.69 Å². The predicted octanol–water partition coefficient (Wildman–Crippen LogP) is 2.26. The van der Waals surface area contributed by atoms with E-state index in [1.807, 2.05) is 25.1 Å². The van der Waals surface area contributed by atoms with E-state index in [0.29, 0.717) is 11.6 Å². The molecule has 6 nitrogen and oxygen atoms in total. The van der Waals surface area contributed by atoms with Gasteiger partial charge in [-0.3, -0.25) is 10.3 Å². The summed E-state index contributed by atoms with van der Waals surface area (Å²) in [4.78, 5) is 15.8. The number of carbonyl (C=O) groups is 1. The third kappa shape index (κ3) is 3.07. The van der Waals surface area contributed by atoms with Gasteiger partial charge in [-0.25, -0.2) is 4.79 Å². The molecule has 0 aliphatic rings. The standard InChI is InChI=1S/C12H14N4O2/c1-8-7-11(16-18-8)15-12(17)14-9(2)10-5-3-4-6-13-10/h3-7,9H,1-2H3,(H2,14,15,16,17)/t9-/m1/s1. The molecule has 2 N–H and O–H groups in total. The summed E-state index contributed by atoms with van der Waals surface area (Å²) in [6.45, 7) is 3.61. The Kier molecular flexibility index (Phi) is 3.57. The molecule has 0 saturated heterocycles. The van der Waals surface area contributed by atoms with Gasteiger partial charge in [0.15, 0.2) is 5.82 Å². The molecular formula is C12H14N4O2. The molecule has 6 heteroatoms. The van der Waals surface area contributed by atoms with Crippen LogP contribution in [0.1, 0.15) is 24.4 Å². The van der Waals surface area contributed by atoms with Crippen LogP contribution in [0.3, 0.4) is 0 Å². The number of anilines is 1. The minimum absolute atomic E-state index is 0.181. The maximum atomic E-state index is 11.7. The molecule has 0 saturated carbocycles. The monoisotopic (exact) mass is 246 g/mol. The molecular weight excluding hydrogens is 232 g/mol. The largest absolute Gasteiger partial charge is 0.360 e. The summed E-state index contributed by atoms with van der Waals surface area (Å²) in [7, 11) is 0. The molecule has 0 aliphatic carbocycles. The van der Waals surface area contributed by atoms with Crippen molar-refractivity contribution in [3.63, 3.8) is 0 Å². The summed E-state index contributed by atoms with van der Waals surface area (Å²) in [6, 6.07) is 6.67. The molecule has 2 aromatic heterocycles. The number of rotatable bonds is 3. The Hall–Kier alpha value is -2.37. The van der Waals surface area contributed by atoms with Crippen molar-refractivity contribution in [2.75, 3.05) is 5.32 Å². The first-order chi connectivity index (χ1) is 8.65. The van der Waals surface area contributed by atoms with Gasteiger partial charge >= 0.3 is 6.03 Å². The average molecular weight is 246 g/mol. The lowest BCUT2D eigenvalue weighted by atomic mass is 10.2. The fourth-order valence-corrected chi connectivity index (χ4v) is 1.48. The highest BCUT2D eigenvalue weighted by Gasteiger charge is 2.11. The Balaban J connectivity index is 1.92. The van der Waals surface area contributed by atoms with Gasteiger partial charge in [-0.15, -0.1) is 0 Å². The molecule has 0 fully saturated rings. The van der Waals surface area contributed by atoms with Gasteiger partial charge in [0.1, 0.15) is 5.76 Å². The first-order valence-electron chi connectivity index (χ1n) is 5.57. The summed E-state index contributed by atoms with van der Waals surface area (Å²) >= 11 is 0. The highest BCUT2D eigenvalue weighted by Crippen LogP contribution is 2.10. The van der Waals surface area contributed by atoms with Crippen LogP contribution in [-0.4, -0.2) is 16.2 Å². The van der Waals surface area contributed by atoms with Crippen molar-refractivity contribution < 1.29 is 9.32 Å². The Labute approximate surface area is 104 Å². The van der Waals surface area contributed by atoms with Crippen LogP contribution in [0.25, 0.3) is 0 Å². The third-order valence-electron chi connectivity index (χ3n) is 2.35. The van der Waals surface area contributed by atoms with Crippen LogP contribution in [0.5, 0.6) is 0 Å². The van der Waals surface area contributed by atoms with Gasteiger partial charge in [-0.05, 0) is 26.0 Å². The first-order valence-corrected chi connectivity index (χ1v) is 5.57. The lowest BCUT2D eigenvalue weighted by Crippen LogP contribution is -2.31. The van der Waals surface area contributed by atoms with Gasteiger partial charge in [0.25, 0.3) is 0 Å². The molecule has 2 heterocycles. The van der Waals surface area contributed by atoms with Crippen LogP contribution in [0, 0.1) is 6.92 Å². The molecule has 2 rings (SSSR count). The summed E-state index contributed by atoms with van der Waals surface area (Å²) in [5, 5.41) is 9.01. The number of carbonyl (C=O) groups excluding carboxylic acids is 1.